The molecule has 0 unspecified atom stereocenters. The Labute approximate surface area is 126 Å². The SMILES string of the molecule is O=C1Nc2ccccc2C1=Cc1c(O)ccc2cccnc12. The van der Waals surface area contributed by atoms with Crippen LogP contribution in [-0.2, 0) is 4.79 Å². The second-order valence-corrected chi connectivity index (χ2v) is 5.13. The molecule has 22 heavy (non-hydrogen) atoms. The van der Waals surface area contributed by atoms with Gasteiger partial charge in [-0.15, -0.1) is 0 Å². The van der Waals surface area contributed by atoms with E-state index in [1.165, 1.54) is 0 Å². The Morgan fingerprint density at radius 2 is 1.91 bits per heavy atom. The molecule has 1 aliphatic heterocycles. The van der Waals surface area contributed by atoms with Gasteiger partial charge < -0.3 is 10.4 Å². The maximum absolute atomic E-state index is 12.2. The molecule has 0 saturated carbocycles. The summed E-state index contributed by atoms with van der Waals surface area (Å²) in [6.45, 7) is 0. The van der Waals surface area contributed by atoms with Crippen LogP contribution in [0.1, 0.15) is 11.1 Å². The van der Waals surface area contributed by atoms with Crippen molar-refractivity contribution in [2.75, 3.05) is 5.32 Å². The number of benzene rings is 2. The summed E-state index contributed by atoms with van der Waals surface area (Å²) in [4.78, 5) is 16.5. The van der Waals surface area contributed by atoms with Crippen LogP contribution >= 0.6 is 0 Å². The Morgan fingerprint density at radius 3 is 2.82 bits per heavy atom. The molecule has 0 spiro atoms. The summed E-state index contributed by atoms with van der Waals surface area (Å²) in [6.07, 6.45) is 3.37. The Hall–Kier alpha value is -3.14. The fourth-order valence-electron chi connectivity index (χ4n) is 2.73. The molecule has 0 fully saturated rings. The van der Waals surface area contributed by atoms with Crippen LogP contribution in [0.25, 0.3) is 22.6 Å². The quantitative estimate of drug-likeness (QED) is 0.674. The number of fused-ring (bicyclic) bond motifs is 2. The third-order valence-corrected chi connectivity index (χ3v) is 3.79. The molecular formula is C18H12N2O2. The van der Waals surface area contributed by atoms with E-state index in [1.807, 2.05) is 42.5 Å². The van der Waals surface area contributed by atoms with E-state index < -0.39 is 0 Å². The minimum Gasteiger partial charge on any atom is -0.507 e. The maximum Gasteiger partial charge on any atom is 0.256 e. The zero-order valence-corrected chi connectivity index (χ0v) is 11.6. The van der Waals surface area contributed by atoms with Gasteiger partial charge in [0.1, 0.15) is 5.75 Å². The van der Waals surface area contributed by atoms with Crippen molar-refractivity contribution in [1.29, 1.82) is 0 Å². The molecule has 0 atom stereocenters. The lowest BCUT2D eigenvalue weighted by molar-refractivity contribution is -0.110. The van der Waals surface area contributed by atoms with Crippen molar-refractivity contribution in [3.63, 3.8) is 0 Å². The fourth-order valence-corrected chi connectivity index (χ4v) is 2.73. The maximum atomic E-state index is 12.2. The predicted molar refractivity (Wildman–Crippen MR) is 86.4 cm³/mol. The largest absolute Gasteiger partial charge is 0.507 e. The molecule has 0 saturated heterocycles. The molecule has 4 heteroatoms. The van der Waals surface area contributed by atoms with Crippen LogP contribution < -0.4 is 5.32 Å². The van der Waals surface area contributed by atoms with E-state index in [9.17, 15) is 9.90 Å². The average Bonchev–Trinajstić information content (AvgIpc) is 2.86. The Morgan fingerprint density at radius 1 is 1.05 bits per heavy atom. The molecule has 3 aromatic rings. The number of aromatic hydroxyl groups is 1. The summed E-state index contributed by atoms with van der Waals surface area (Å²) in [5, 5.41) is 13.9. The standard InChI is InChI=1S/C18H12N2O2/c21-16-8-7-11-4-3-9-19-17(11)14(16)10-13-12-5-1-2-6-15(12)20-18(13)22/h1-10,21H,(H,20,22). The smallest absolute Gasteiger partial charge is 0.256 e. The van der Waals surface area contributed by atoms with E-state index in [-0.39, 0.29) is 11.7 Å². The number of aromatic nitrogens is 1. The van der Waals surface area contributed by atoms with Gasteiger partial charge in [-0.05, 0) is 30.3 Å². The van der Waals surface area contributed by atoms with E-state index in [2.05, 4.69) is 10.3 Å². The number of amides is 1. The second-order valence-electron chi connectivity index (χ2n) is 5.13. The summed E-state index contributed by atoms with van der Waals surface area (Å²) in [5.41, 5.74) is 3.38. The number of pyridine rings is 1. The van der Waals surface area contributed by atoms with Gasteiger partial charge in [0.15, 0.2) is 0 Å². The van der Waals surface area contributed by atoms with E-state index in [0.29, 0.717) is 16.7 Å². The second kappa shape index (κ2) is 4.70. The van der Waals surface area contributed by atoms with Crippen molar-refractivity contribution in [3.05, 3.63) is 65.9 Å². The molecule has 0 bridgehead atoms. The number of nitrogens with zero attached hydrogens (tertiary/aromatic N) is 1. The van der Waals surface area contributed by atoms with Crippen LogP contribution in [0, 0.1) is 0 Å². The van der Waals surface area contributed by atoms with Crippen LogP contribution in [0.4, 0.5) is 5.69 Å². The predicted octanol–water partition coefficient (Wildman–Crippen LogP) is 3.43. The minimum absolute atomic E-state index is 0.107. The topological polar surface area (TPSA) is 62.2 Å². The number of carbonyl (C=O) groups excluding carboxylic acids is 1. The normalized spacial score (nSPS) is 15.1. The van der Waals surface area contributed by atoms with Gasteiger partial charge >= 0.3 is 0 Å². The third kappa shape index (κ3) is 1.85. The number of rotatable bonds is 1. The van der Waals surface area contributed by atoms with E-state index in [4.69, 9.17) is 0 Å². The van der Waals surface area contributed by atoms with E-state index >= 15 is 0 Å². The van der Waals surface area contributed by atoms with E-state index in [1.54, 1.807) is 18.3 Å². The number of hydrogen-bond donors (Lipinski definition) is 2. The molecule has 0 aliphatic carbocycles. The highest BCUT2D eigenvalue weighted by Gasteiger charge is 2.24. The first-order valence-electron chi connectivity index (χ1n) is 6.93. The molecule has 1 amide bonds. The monoisotopic (exact) mass is 288 g/mol. The first-order valence-corrected chi connectivity index (χ1v) is 6.93. The Kier molecular flexibility index (Phi) is 2.69. The van der Waals surface area contributed by atoms with Gasteiger partial charge in [-0.1, -0.05) is 24.3 Å². The lowest BCUT2D eigenvalue weighted by atomic mass is 10.0. The summed E-state index contributed by atoms with van der Waals surface area (Å²) in [6, 6.07) is 14.7. The van der Waals surface area contributed by atoms with Crippen molar-refractivity contribution < 1.29 is 9.90 Å². The third-order valence-electron chi connectivity index (χ3n) is 3.79. The van der Waals surface area contributed by atoms with Crippen LogP contribution in [0.3, 0.4) is 0 Å². The zero-order valence-electron chi connectivity index (χ0n) is 11.6. The first-order chi connectivity index (χ1) is 10.7. The number of hydrogen-bond acceptors (Lipinski definition) is 3. The van der Waals surface area contributed by atoms with Crippen molar-refractivity contribution in [2.24, 2.45) is 0 Å². The van der Waals surface area contributed by atoms with Crippen LogP contribution in [0.15, 0.2) is 54.7 Å². The van der Waals surface area contributed by atoms with Crippen LogP contribution in [0.2, 0.25) is 0 Å². The molecule has 1 aromatic heterocycles. The molecule has 2 aromatic carbocycles. The molecule has 0 radical (unpaired) electrons. The number of phenolic OH excluding ortho intramolecular Hbond substituents is 1. The summed E-state index contributed by atoms with van der Waals surface area (Å²) in [5.74, 6) is -0.0654. The van der Waals surface area contributed by atoms with Crippen molar-refractivity contribution in [1.82, 2.24) is 4.98 Å². The molecule has 4 rings (SSSR count). The lowest BCUT2D eigenvalue weighted by Crippen LogP contribution is -2.03. The van der Waals surface area contributed by atoms with Gasteiger partial charge in [0.2, 0.25) is 0 Å². The number of nitrogens with one attached hydrogen (secondary N) is 1. The van der Waals surface area contributed by atoms with Crippen molar-refractivity contribution >= 4 is 34.1 Å². The molecular weight excluding hydrogens is 276 g/mol. The molecule has 4 nitrogen and oxygen atoms in total. The van der Waals surface area contributed by atoms with Crippen molar-refractivity contribution in [2.45, 2.75) is 0 Å². The van der Waals surface area contributed by atoms with E-state index in [0.717, 1.165) is 16.6 Å². The average molecular weight is 288 g/mol. The number of anilines is 1. The van der Waals surface area contributed by atoms with Gasteiger partial charge in [0, 0.05) is 34.0 Å². The fraction of sp³-hybridized carbons (Fsp3) is 0. The van der Waals surface area contributed by atoms with Crippen LogP contribution in [-0.4, -0.2) is 16.0 Å². The van der Waals surface area contributed by atoms with Crippen molar-refractivity contribution in [3.8, 4) is 5.75 Å². The number of phenols is 1. The molecule has 2 heterocycles. The highest BCUT2D eigenvalue weighted by Crippen LogP contribution is 2.35. The van der Waals surface area contributed by atoms with Gasteiger partial charge in [-0.3, -0.25) is 9.78 Å². The zero-order chi connectivity index (χ0) is 15.1. The van der Waals surface area contributed by atoms with Gasteiger partial charge in [0.25, 0.3) is 5.91 Å². The summed E-state index contributed by atoms with van der Waals surface area (Å²) < 4.78 is 0. The lowest BCUT2D eigenvalue weighted by Gasteiger charge is -2.05. The molecule has 2 N–H and O–H groups in total. The Bertz CT molecular complexity index is 945. The minimum atomic E-state index is -0.173. The summed E-state index contributed by atoms with van der Waals surface area (Å²) >= 11 is 0. The first kappa shape index (κ1) is 12.6. The van der Waals surface area contributed by atoms with Gasteiger partial charge in [0.05, 0.1) is 5.52 Å². The van der Waals surface area contributed by atoms with Gasteiger partial charge in [-0.25, -0.2) is 0 Å². The molecule has 1 aliphatic rings. The highest BCUT2D eigenvalue weighted by atomic mass is 16.3. The molecule has 106 valence electrons. The summed E-state index contributed by atoms with van der Waals surface area (Å²) in [7, 11) is 0. The van der Waals surface area contributed by atoms with Gasteiger partial charge in [-0.2, -0.15) is 0 Å². The van der Waals surface area contributed by atoms with Crippen LogP contribution in [0.5, 0.6) is 5.75 Å². The number of para-hydroxylation sites is 1. The highest BCUT2D eigenvalue weighted by molar-refractivity contribution is 6.35. The number of carbonyl (C=O) groups is 1. The Balaban J connectivity index is 1.98.